The number of allylic oxidation sites excluding steroid dienone is 8. The number of benzene rings is 1. The first kappa shape index (κ1) is 31.9. The second-order valence-electron chi connectivity index (χ2n) is 13.3. The van der Waals surface area contributed by atoms with Crippen molar-refractivity contribution in [2.45, 2.75) is 97.0 Å². The van der Waals surface area contributed by atoms with Gasteiger partial charge in [0.1, 0.15) is 0 Å². The maximum Gasteiger partial charge on any atom is 0.161 e. The predicted molar refractivity (Wildman–Crippen MR) is 185 cm³/mol. The van der Waals surface area contributed by atoms with Crippen LogP contribution in [0.25, 0.3) is 11.6 Å². The van der Waals surface area contributed by atoms with E-state index in [1.54, 1.807) is 0 Å². The second kappa shape index (κ2) is 14.5. The molecule has 5 rings (SSSR count). The van der Waals surface area contributed by atoms with Gasteiger partial charge in [-0.15, -0.1) is 0 Å². The van der Waals surface area contributed by atoms with Crippen LogP contribution in [0.2, 0.25) is 0 Å². The Labute approximate surface area is 265 Å². The first-order valence-electron chi connectivity index (χ1n) is 16.8. The molecule has 4 nitrogen and oxygen atoms in total. The van der Waals surface area contributed by atoms with Crippen molar-refractivity contribution in [2.24, 2.45) is 10.9 Å². The molecule has 2 heterocycles. The standard InChI is InChI=1S/C40H50N2O2/c1-5-9-30(13-12-29(3)6-2)24-31-14-16-32(17-15-31)34-18-19-35-28-41-21-20-38(37(35)25-34)42-22-7-10-33(11-8-23-42)39(43)36-26-40(4,44)27-36/h10,14-18,20-21,24-25,28,36,44H,3,5-9,11-13,19,22-23,26-27H2,1-2,4H3/b30-24-,33-10-. The zero-order chi connectivity index (χ0) is 31.1. The van der Waals surface area contributed by atoms with E-state index < -0.39 is 5.60 Å². The summed E-state index contributed by atoms with van der Waals surface area (Å²) in [5.41, 5.74) is 10.6. The van der Waals surface area contributed by atoms with Crippen LogP contribution in [-0.4, -0.2) is 40.7 Å². The minimum absolute atomic E-state index is 0.00685. The van der Waals surface area contributed by atoms with Crippen molar-refractivity contribution in [1.82, 2.24) is 4.90 Å². The Morgan fingerprint density at radius 1 is 1.11 bits per heavy atom. The van der Waals surface area contributed by atoms with Crippen LogP contribution in [0, 0.1) is 5.92 Å². The Kier molecular flexibility index (Phi) is 10.5. The van der Waals surface area contributed by atoms with Crippen molar-refractivity contribution < 1.29 is 9.90 Å². The fraction of sp³-hybridized carbons (Fsp3) is 0.450. The molecule has 1 aromatic rings. The summed E-state index contributed by atoms with van der Waals surface area (Å²) in [6.07, 6.45) is 25.4. The first-order chi connectivity index (χ1) is 21.3. The molecule has 1 aromatic carbocycles. The van der Waals surface area contributed by atoms with Crippen molar-refractivity contribution in [3.05, 3.63) is 106 Å². The molecule has 0 unspecified atom stereocenters. The number of carbonyl (C=O) groups excluding carboxylic acids is 1. The lowest BCUT2D eigenvalue weighted by Gasteiger charge is -2.40. The third-order valence-corrected chi connectivity index (χ3v) is 9.56. The van der Waals surface area contributed by atoms with Gasteiger partial charge in [0.05, 0.1) is 5.60 Å². The number of hydrogen-bond donors (Lipinski definition) is 1. The van der Waals surface area contributed by atoms with Gasteiger partial charge in [0.15, 0.2) is 5.78 Å². The minimum atomic E-state index is -0.666. The van der Waals surface area contributed by atoms with E-state index in [4.69, 9.17) is 0 Å². The molecule has 2 aliphatic carbocycles. The Balaban J connectivity index is 1.29. The fourth-order valence-electron chi connectivity index (χ4n) is 6.91. The van der Waals surface area contributed by atoms with Crippen molar-refractivity contribution in [3.63, 3.8) is 0 Å². The first-order valence-corrected chi connectivity index (χ1v) is 16.8. The monoisotopic (exact) mass is 590 g/mol. The highest BCUT2D eigenvalue weighted by atomic mass is 16.3. The van der Waals surface area contributed by atoms with Crippen molar-refractivity contribution in [3.8, 4) is 0 Å². The third-order valence-electron chi connectivity index (χ3n) is 9.56. The highest BCUT2D eigenvalue weighted by molar-refractivity contribution is 5.98. The average Bonchev–Trinajstić information content (AvgIpc) is 3.21. The fourth-order valence-corrected chi connectivity index (χ4v) is 6.91. The van der Waals surface area contributed by atoms with E-state index in [9.17, 15) is 9.90 Å². The number of hydrogen-bond acceptors (Lipinski definition) is 4. The summed E-state index contributed by atoms with van der Waals surface area (Å²) in [6.45, 7) is 12.2. The second-order valence-corrected chi connectivity index (χ2v) is 13.3. The molecule has 232 valence electrons. The number of rotatable bonds is 11. The zero-order valence-corrected chi connectivity index (χ0v) is 27.1. The van der Waals surface area contributed by atoms with Crippen LogP contribution in [0.5, 0.6) is 0 Å². The molecule has 4 heteroatoms. The maximum absolute atomic E-state index is 13.0. The van der Waals surface area contributed by atoms with Crippen LogP contribution < -0.4 is 0 Å². The highest BCUT2D eigenvalue weighted by Crippen LogP contribution is 2.40. The summed E-state index contributed by atoms with van der Waals surface area (Å²) in [7, 11) is 0. The molecular formula is C40H50N2O2. The maximum atomic E-state index is 13.0. The van der Waals surface area contributed by atoms with Gasteiger partial charge in [0, 0.05) is 42.7 Å². The molecule has 0 amide bonds. The SMILES string of the molecule is C=C(CC)CC/C(=C\c1ccc(C2=CCC3=CN=CC=C(N4CC/C=C(\C(=O)C5CC(C)(O)C5)CCC4)C3=C2)cc1)CCC. The molecule has 0 bridgehead atoms. The molecule has 0 atom stereocenters. The van der Waals surface area contributed by atoms with E-state index >= 15 is 0 Å². The molecule has 1 N–H and O–H groups in total. The van der Waals surface area contributed by atoms with Crippen LogP contribution in [0.4, 0.5) is 0 Å². The van der Waals surface area contributed by atoms with E-state index in [0.717, 1.165) is 76.5 Å². The van der Waals surface area contributed by atoms with E-state index in [1.165, 1.54) is 44.7 Å². The molecule has 4 aliphatic rings. The van der Waals surface area contributed by atoms with Gasteiger partial charge in [0.25, 0.3) is 0 Å². The van der Waals surface area contributed by atoms with E-state index in [2.05, 4.69) is 85.0 Å². The largest absolute Gasteiger partial charge is 0.390 e. The number of aliphatic imine (C=N–C) groups is 1. The summed E-state index contributed by atoms with van der Waals surface area (Å²) in [6, 6.07) is 9.03. The molecule has 1 fully saturated rings. The van der Waals surface area contributed by atoms with Crippen LogP contribution in [0.3, 0.4) is 0 Å². The lowest BCUT2D eigenvalue weighted by atomic mass is 9.68. The van der Waals surface area contributed by atoms with Gasteiger partial charge in [-0.3, -0.25) is 9.79 Å². The number of nitrogens with zero attached hydrogens (tertiary/aromatic N) is 2. The minimum Gasteiger partial charge on any atom is -0.390 e. The number of ketones is 1. The molecule has 0 aromatic heterocycles. The van der Waals surface area contributed by atoms with Gasteiger partial charge in [-0.1, -0.05) is 80.5 Å². The van der Waals surface area contributed by atoms with Crippen LogP contribution in [0.1, 0.15) is 103 Å². The number of Topliss-reactive ketones (excluding diaryl/α,β-unsaturated/α-hetero) is 1. The summed E-state index contributed by atoms with van der Waals surface area (Å²) in [4.78, 5) is 20.1. The van der Waals surface area contributed by atoms with Crippen LogP contribution in [0.15, 0.2) is 99.9 Å². The average molecular weight is 591 g/mol. The lowest BCUT2D eigenvalue weighted by Crippen LogP contribution is -2.44. The number of fused-ring (bicyclic) bond motifs is 1. The van der Waals surface area contributed by atoms with Crippen LogP contribution in [-0.2, 0) is 4.79 Å². The molecule has 0 saturated heterocycles. The van der Waals surface area contributed by atoms with Crippen molar-refractivity contribution >= 4 is 23.6 Å². The number of aliphatic hydroxyl groups is 1. The molecule has 2 aliphatic heterocycles. The van der Waals surface area contributed by atoms with Gasteiger partial charge in [-0.25, -0.2) is 0 Å². The van der Waals surface area contributed by atoms with E-state index in [0.29, 0.717) is 12.8 Å². The lowest BCUT2D eigenvalue weighted by molar-refractivity contribution is -0.133. The Morgan fingerprint density at radius 2 is 1.91 bits per heavy atom. The van der Waals surface area contributed by atoms with Gasteiger partial charge < -0.3 is 10.0 Å². The summed E-state index contributed by atoms with van der Waals surface area (Å²) in [5.74, 6) is 0.249. The molecular weight excluding hydrogens is 540 g/mol. The Bertz CT molecular complexity index is 1450. The van der Waals surface area contributed by atoms with Gasteiger partial charge in [-0.05, 0) is 111 Å². The van der Waals surface area contributed by atoms with E-state index in [-0.39, 0.29) is 11.7 Å². The quantitative estimate of drug-likeness (QED) is 0.261. The van der Waals surface area contributed by atoms with Crippen molar-refractivity contribution in [2.75, 3.05) is 13.1 Å². The zero-order valence-electron chi connectivity index (χ0n) is 27.1. The summed E-state index contributed by atoms with van der Waals surface area (Å²) in [5, 5.41) is 10.1. The molecule has 44 heavy (non-hydrogen) atoms. The summed E-state index contributed by atoms with van der Waals surface area (Å²) >= 11 is 0. The predicted octanol–water partition coefficient (Wildman–Crippen LogP) is 9.32. The third kappa shape index (κ3) is 7.95. The molecule has 0 spiro atoms. The smallest absolute Gasteiger partial charge is 0.161 e. The van der Waals surface area contributed by atoms with Gasteiger partial charge in [0.2, 0.25) is 0 Å². The van der Waals surface area contributed by atoms with Crippen LogP contribution >= 0.6 is 0 Å². The van der Waals surface area contributed by atoms with Gasteiger partial charge in [-0.2, -0.15) is 0 Å². The number of carbonyl (C=O) groups is 1. The van der Waals surface area contributed by atoms with Gasteiger partial charge >= 0.3 is 0 Å². The van der Waals surface area contributed by atoms with E-state index in [1.807, 2.05) is 19.3 Å². The van der Waals surface area contributed by atoms with Crippen molar-refractivity contribution in [1.29, 1.82) is 0 Å². The topological polar surface area (TPSA) is 52.9 Å². The summed E-state index contributed by atoms with van der Waals surface area (Å²) < 4.78 is 0. The Morgan fingerprint density at radius 3 is 2.64 bits per heavy atom. The highest BCUT2D eigenvalue weighted by Gasteiger charge is 2.42. The molecule has 1 saturated carbocycles. The normalized spacial score (nSPS) is 25.1. The Hall–Kier alpha value is -3.50. The molecule has 0 radical (unpaired) electrons.